The first-order valence-corrected chi connectivity index (χ1v) is 10.2. The molecule has 158 valence electrons. The number of nitrogen functional groups attached to an aromatic ring is 1. The summed E-state index contributed by atoms with van der Waals surface area (Å²) in [4.78, 5) is 16.8. The number of carbonyl (C=O) groups is 1. The molecule has 0 aliphatic heterocycles. The Kier molecular flexibility index (Phi) is 7.23. The lowest BCUT2D eigenvalue weighted by molar-refractivity contribution is -0.121. The fraction of sp³-hybridized carbons (Fsp3) is 0.300. The summed E-state index contributed by atoms with van der Waals surface area (Å²) in [6.45, 7) is 4.37. The first-order valence-electron chi connectivity index (χ1n) is 9.35. The Hall–Kier alpha value is -3.14. The van der Waals surface area contributed by atoms with Crippen LogP contribution in [0.25, 0.3) is 0 Å². The van der Waals surface area contributed by atoms with Crippen molar-refractivity contribution in [3.8, 4) is 5.75 Å². The van der Waals surface area contributed by atoms with E-state index in [4.69, 9.17) is 10.6 Å². The van der Waals surface area contributed by atoms with Gasteiger partial charge in [-0.3, -0.25) is 9.78 Å². The minimum Gasteiger partial charge on any atom is -0.486 e. The third-order valence-electron chi connectivity index (χ3n) is 4.20. The number of hydrogen-bond acceptors (Lipinski definition) is 7. The lowest BCUT2D eigenvalue weighted by atomic mass is 10.1. The number of nitrogens with two attached hydrogens (primary N) is 1. The number of thioether (sulfide) groups is 1. The van der Waals surface area contributed by atoms with Gasteiger partial charge in [-0.05, 0) is 41.8 Å². The topological polar surface area (TPSA) is 108 Å². The first kappa shape index (κ1) is 21.6. The van der Waals surface area contributed by atoms with Crippen LogP contribution in [-0.4, -0.2) is 31.0 Å². The van der Waals surface area contributed by atoms with Gasteiger partial charge in [0.2, 0.25) is 11.1 Å². The Labute approximate surface area is 178 Å². The molecule has 1 atom stereocenters. The number of benzene rings is 1. The Morgan fingerprint density at radius 2 is 2.03 bits per heavy atom. The van der Waals surface area contributed by atoms with Gasteiger partial charge in [0.1, 0.15) is 18.2 Å². The van der Waals surface area contributed by atoms with Gasteiger partial charge in [-0.15, -0.1) is 10.2 Å². The molecule has 0 aliphatic carbocycles. The number of pyridine rings is 1. The van der Waals surface area contributed by atoms with Crippen molar-refractivity contribution in [3.63, 3.8) is 0 Å². The smallest absolute Gasteiger partial charge is 0.234 e. The van der Waals surface area contributed by atoms with Crippen LogP contribution in [0.1, 0.15) is 25.2 Å². The van der Waals surface area contributed by atoms with Gasteiger partial charge in [0.15, 0.2) is 5.82 Å². The summed E-state index contributed by atoms with van der Waals surface area (Å²) in [7, 11) is 0. The monoisotopic (exact) mass is 430 g/mol. The van der Waals surface area contributed by atoms with E-state index in [2.05, 4.69) is 20.5 Å². The van der Waals surface area contributed by atoms with Crippen molar-refractivity contribution in [2.24, 2.45) is 5.92 Å². The lowest BCUT2D eigenvalue weighted by Gasteiger charge is -2.19. The van der Waals surface area contributed by atoms with Gasteiger partial charge in [-0.25, -0.2) is 9.07 Å². The number of amides is 1. The molecule has 1 amide bonds. The van der Waals surface area contributed by atoms with Gasteiger partial charge in [-0.2, -0.15) is 0 Å². The highest BCUT2D eigenvalue weighted by atomic mass is 32.2. The van der Waals surface area contributed by atoms with E-state index in [9.17, 15) is 9.18 Å². The molecule has 3 N–H and O–H groups in total. The van der Waals surface area contributed by atoms with Crippen LogP contribution in [0.4, 0.5) is 4.39 Å². The highest BCUT2D eigenvalue weighted by molar-refractivity contribution is 8.00. The molecule has 0 saturated heterocycles. The van der Waals surface area contributed by atoms with Gasteiger partial charge in [0.25, 0.3) is 0 Å². The van der Waals surface area contributed by atoms with Crippen LogP contribution < -0.4 is 15.9 Å². The second kappa shape index (κ2) is 10.1. The molecule has 0 fully saturated rings. The van der Waals surface area contributed by atoms with Crippen molar-refractivity contribution in [2.75, 3.05) is 5.84 Å². The molecule has 1 aromatic carbocycles. The number of carbonyl (C=O) groups excluding carboxylic acids is 1. The Morgan fingerprint density at radius 3 is 2.70 bits per heavy atom. The van der Waals surface area contributed by atoms with Gasteiger partial charge < -0.3 is 15.9 Å². The van der Waals surface area contributed by atoms with Gasteiger partial charge in [0.05, 0.1) is 5.25 Å². The highest BCUT2D eigenvalue weighted by Crippen LogP contribution is 2.27. The van der Waals surface area contributed by atoms with Gasteiger partial charge >= 0.3 is 0 Å². The average Bonchev–Trinajstić information content (AvgIpc) is 3.09. The first-order chi connectivity index (χ1) is 14.4. The zero-order valence-electron chi connectivity index (χ0n) is 16.7. The summed E-state index contributed by atoms with van der Waals surface area (Å²) >= 11 is 1.24. The van der Waals surface area contributed by atoms with Gasteiger partial charge in [0, 0.05) is 18.9 Å². The predicted molar refractivity (Wildman–Crippen MR) is 111 cm³/mol. The quantitative estimate of drug-likeness (QED) is 0.397. The number of nitrogens with zero attached hydrogens (tertiary/aromatic N) is 4. The number of nitrogens with one attached hydrogen (secondary N) is 1. The SMILES string of the molecule is CC(C)C(Sc1nnc(COc2ccc(F)cc2)n1N)C(=O)NCc1cccnc1. The van der Waals surface area contributed by atoms with E-state index in [0.717, 1.165) is 5.56 Å². The molecule has 30 heavy (non-hydrogen) atoms. The molecule has 3 rings (SSSR count). The lowest BCUT2D eigenvalue weighted by Crippen LogP contribution is -2.35. The number of hydrogen-bond donors (Lipinski definition) is 2. The van der Waals surface area contributed by atoms with Crippen molar-refractivity contribution in [3.05, 3.63) is 66.0 Å². The van der Waals surface area contributed by atoms with Crippen molar-refractivity contribution < 1.29 is 13.9 Å². The maximum Gasteiger partial charge on any atom is 0.234 e. The van der Waals surface area contributed by atoms with Crippen LogP contribution in [0, 0.1) is 11.7 Å². The Balaban J connectivity index is 1.61. The second-order valence-electron chi connectivity index (χ2n) is 6.87. The standard InChI is InChI=1S/C20H23FN6O2S/c1-13(2)18(19(28)24-11-14-4-3-9-23-10-14)30-20-26-25-17(27(20)22)12-29-16-7-5-15(21)6-8-16/h3-10,13,18H,11-12,22H2,1-2H3,(H,24,28). The molecule has 2 aromatic heterocycles. The van der Waals surface area contributed by atoms with E-state index in [1.807, 2.05) is 26.0 Å². The van der Waals surface area contributed by atoms with E-state index >= 15 is 0 Å². The van der Waals surface area contributed by atoms with Crippen LogP contribution in [0.5, 0.6) is 5.75 Å². The molecular weight excluding hydrogens is 407 g/mol. The fourth-order valence-electron chi connectivity index (χ4n) is 2.56. The third kappa shape index (κ3) is 5.69. The van der Waals surface area contributed by atoms with Crippen LogP contribution in [0.15, 0.2) is 53.9 Å². The van der Waals surface area contributed by atoms with Crippen LogP contribution in [-0.2, 0) is 17.9 Å². The third-order valence-corrected chi connectivity index (χ3v) is 5.70. The molecular formula is C20H23FN6O2S. The summed E-state index contributed by atoms with van der Waals surface area (Å²) in [5.74, 6) is 6.55. The summed E-state index contributed by atoms with van der Waals surface area (Å²) in [5.41, 5.74) is 0.917. The number of halogens is 1. The molecule has 10 heteroatoms. The number of aromatic nitrogens is 4. The molecule has 8 nitrogen and oxygen atoms in total. The largest absolute Gasteiger partial charge is 0.486 e. The van der Waals surface area contributed by atoms with Crippen molar-refractivity contribution in [1.82, 2.24) is 25.2 Å². The number of ether oxygens (including phenoxy) is 1. The van der Waals surface area contributed by atoms with Crippen molar-refractivity contribution in [2.45, 2.75) is 37.4 Å². The molecule has 0 spiro atoms. The van der Waals surface area contributed by atoms with E-state index in [1.165, 1.54) is 40.7 Å². The molecule has 0 radical (unpaired) electrons. The minimum absolute atomic E-state index is 0.0412. The summed E-state index contributed by atoms with van der Waals surface area (Å²) in [6, 6.07) is 9.37. The second-order valence-corrected chi connectivity index (χ2v) is 7.98. The fourth-order valence-corrected chi connectivity index (χ4v) is 3.56. The Bertz CT molecular complexity index is 965. The average molecular weight is 431 g/mol. The van der Waals surface area contributed by atoms with E-state index in [-0.39, 0.29) is 24.2 Å². The zero-order chi connectivity index (χ0) is 21.5. The van der Waals surface area contributed by atoms with Crippen LogP contribution in [0.2, 0.25) is 0 Å². The maximum atomic E-state index is 13.0. The van der Waals surface area contributed by atoms with Gasteiger partial charge in [-0.1, -0.05) is 31.7 Å². The molecule has 0 bridgehead atoms. The molecule has 2 heterocycles. The van der Waals surface area contributed by atoms with E-state index in [0.29, 0.717) is 23.3 Å². The Morgan fingerprint density at radius 1 is 1.27 bits per heavy atom. The molecule has 0 saturated carbocycles. The molecule has 3 aromatic rings. The normalized spacial score (nSPS) is 12.0. The highest BCUT2D eigenvalue weighted by Gasteiger charge is 2.26. The van der Waals surface area contributed by atoms with Crippen molar-refractivity contribution in [1.29, 1.82) is 0 Å². The summed E-state index contributed by atoms with van der Waals surface area (Å²) in [6.07, 6.45) is 3.39. The maximum absolute atomic E-state index is 13.0. The van der Waals surface area contributed by atoms with Crippen LogP contribution in [0.3, 0.4) is 0 Å². The van der Waals surface area contributed by atoms with E-state index < -0.39 is 5.25 Å². The summed E-state index contributed by atoms with van der Waals surface area (Å²) in [5, 5.41) is 11.1. The minimum atomic E-state index is -0.404. The molecule has 1 unspecified atom stereocenters. The van der Waals surface area contributed by atoms with Crippen LogP contribution >= 0.6 is 11.8 Å². The molecule has 0 aliphatic rings. The van der Waals surface area contributed by atoms with E-state index in [1.54, 1.807) is 12.4 Å². The predicted octanol–water partition coefficient (Wildman–Crippen LogP) is 2.54. The zero-order valence-corrected chi connectivity index (χ0v) is 17.5. The van der Waals surface area contributed by atoms with Crippen molar-refractivity contribution >= 4 is 17.7 Å². The summed E-state index contributed by atoms with van der Waals surface area (Å²) < 4.78 is 19.8. The number of rotatable bonds is 9.